The zero-order valence-corrected chi connectivity index (χ0v) is 12.2. The summed E-state index contributed by atoms with van der Waals surface area (Å²) in [5, 5.41) is 12.2. The van der Waals surface area contributed by atoms with Gasteiger partial charge in [-0.15, -0.1) is 10.2 Å². The van der Waals surface area contributed by atoms with Crippen molar-refractivity contribution in [1.82, 2.24) is 19.8 Å². The summed E-state index contributed by atoms with van der Waals surface area (Å²) in [6.45, 7) is 15.4. The van der Waals surface area contributed by atoms with Crippen LogP contribution in [0.5, 0.6) is 0 Å². The molecule has 0 atom stereocenters. The minimum atomic E-state index is 0.480. The molecule has 5 nitrogen and oxygen atoms in total. The SMILES string of the molecule is C=C(N)c1cc(C)nn2c(C)nnc12.CC.CC. The Morgan fingerprint density at radius 2 is 1.72 bits per heavy atom. The van der Waals surface area contributed by atoms with Gasteiger partial charge < -0.3 is 5.73 Å². The van der Waals surface area contributed by atoms with E-state index in [1.54, 1.807) is 4.52 Å². The monoisotopic (exact) mass is 249 g/mol. The van der Waals surface area contributed by atoms with Crippen LogP contribution in [-0.4, -0.2) is 19.8 Å². The lowest BCUT2D eigenvalue weighted by atomic mass is 10.2. The molecule has 0 radical (unpaired) electrons. The maximum atomic E-state index is 5.65. The number of fused-ring (bicyclic) bond motifs is 1. The van der Waals surface area contributed by atoms with Crippen molar-refractivity contribution in [3.8, 4) is 0 Å². The van der Waals surface area contributed by atoms with E-state index < -0.39 is 0 Å². The summed E-state index contributed by atoms with van der Waals surface area (Å²) in [7, 11) is 0. The van der Waals surface area contributed by atoms with Crippen LogP contribution in [0.3, 0.4) is 0 Å². The number of aryl methyl sites for hydroxylation is 2. The van der Waals surface area contributed by atoms with Crippen molar-refractivity contribution >= 4 is 11.3 Å². The van der Waals surface area contributed by atoms with Crippen molar-refractivity contribution < 1.29 is 0 Å². The number of hydrogen-bond acceptors (Lipinski definition) is 4. The fraction of sp³-hybridized carbons (Fsp3) is 0.462. The number of nitrogens with zero attached hydrogens (tertiary/aromatic N) is 4. The van der Waals surface area contributed by atoms with Crippen LogP contribution in [0.2, 0.25) is 0 Å². The van der Waals surface area contributed by atoms with Gasteiger partial charge in [-0.1, -0.05) is 34.3 Å². The molecule has 0 aromatic carbocycles. The van der Waals surface area contributed by atoms with E-state index in [0.29, 0.717) is 11.3 Å². The van der Waals surface area contributed by atoms with Crippen LogP contribution < -0.4 is 5.73 Å². The molecule has 0 amide bonds. The molecule has 0 bridgehead atoms. The first-order chi connectivity index (χ1) is 8.59. The van der Waals surface area contributed by atoms with Gasteiger partial charge in [0.15, 0.2) is 11.5 Å². The standard InChI is InChI=1S/C9H11N5.2C2H6/c1-5-4-8(6(2)10)9-12-11-7(3)14(9)13-5;2*1-2/h4H,2,10H2,1,3H3;2*1-2H3. The Morgan fingerprint density at radius 1 is 1.17 bits per heavy atom. The maximum Gasteiger partial charge on any atom is 0.187 e. The number of nitrogens with two attached hydrogens (primary N) is 1. The topological polar surface area (TPSA) is 69.1 Å². The molecule has 0 spiro atoms. The molecule has 18 heavy (non-hydrogen) atoms. The normalized spacial score (nSPS) is 9.00. The van der Waals surface area contributed by atoms with Crippen LogP contribution in [-0.2, 0) is 0 Å². The van der Waals surface area contributed by atoms with E-state index in [-0.39, 0.29) is 0 Å². The Bertz CT molecular complexity index is 513. The summed E-state index contributed by atoms with van der Waals surface area (Å²) in [4.78, 5) is 0. The lowest BCUT2D eigenvalue weighted by molar-refractivity contribution is 0.849. The molecule has 0 aliphatic heterocycles. The van der Waals surface area contributed by atoms with Crippen LogP contribution in [0.4, 0.5) is 0 Å². The second-order valence-corrected chi connectivity index (χ2v) is 3.21. The van der Waals surface area contributed by atoms with Gasteiger partial charge in [-0.25, -0.2) is 0 Å². The average Bonchev–Trinajstić information content (AvgIpc) is 2.75. The van der Waals surface area contributed by atoms with E-state index >= 15 is 0 Å². The van der Waals surface area contributed by atoms with E-state index in [2.05, 4.69) is 21.9 Å². The smallest absolute Gasteiger partial charge is 0.187 e. The highest BCUT2D eigenvalue weighted by molar-refractivity contribution is 5.72. The second-order valence-electron chi connectivity index (χ2n) is 3.21. The van der Waals surface area contributed by atoms with Gasteiger partial charge in [0.25, 0.3) is 0 Å². The molecule has 0 unspecified atom stereocenters. The third kappa shape index (κ3) is 3.29. The molecule has 0 aliphatic carbocycles. The largest absolute Gasteiger partial charge is 0.399 e. The Morgan fingerprint density at radius 3 is 2.22 bits per heavy atom. The van der Waals surface area contributed by atoms with Crippen molar-refractivity contribution in [3.63, 3.8) is 0 Å². The zero-order chi connectivity index (χ0) is 14.3. The fourth-order valence-corrected chi connectivity index (χ4v) is 1.34. The van der Waals surface area contributed by atoms with Crippen LogP contribution in [0, 0.1) is 13.8 Å². The molecule has 2 aromatic heterocycles. The summed E-state index contributed by atoms with van der Waals surface area (Å²) in [5.74, 6) is 0.742. The molecule has 0 saturated heterocycles. The van der Waals surface area contributed by atoms with E-state index in [1.165, 1.54) is 0 Å². The molecule has 0 fully saturated rings. The summed E-state index contributed by atoms with van der Waals surface area (Å²) in [6.07, 6.45) is 0. The van der Waals surface area contributed by atoms with Gasteiger partial charge in [0.1, 0.15) is 0 Å². The number of hydrogen-bond donors (Lipinski definition) is 1. The first-order valence-corrected chi connectivity index (χ1v) is 6.24. The molecule has 100 valence electrons. The van der Waals surface area contributed by atoms with Gasteiger partial charge in [0.05, 0.1) is 5.69 Å². The number of aromatic nitrogens is 4. The molecular formula is C13H23N5. The highest BCUT2D eigenvalue weighted by Gasteiger charge is 2.09. The third-order valence-corrected chi connectivity index (χ3v) is 1.99. The van der Waals surface area contributed by atoms with E-state index in [1.807, 2.05) is 47.6 Å². The lowest BCUT2D eigenvalue weighted by Gasteiger charge is -2.03. The molecule has 0 aliphatic rings. The Hall–Kier alpha value is -1.91. The summed E-state index contributed by atoms with van der Waals surface area (Å²) in [6, 6.07) is 1.85. The van der Waals surface area contributed by atoms with Gasteiger partial charge in [-0.05, 0) is 19.9 Å². The highest BCUT2D eigenvalue weighted by atomic mass is 15.4. The minimum Gasteiger partial charge on any atom is -0.399 e. The van der Waals surface area contributed by atoms with Crippen molar-refractivity contribution in [1.29, 1.82) is 0 Å². The first-order valence-electron chi connectivity index (χ1n) is 6.24. The summed E-state index contributed by atoms with van der Waals surface area (Å²) < 4.78 is 1.67. The van der Waals surface area contributed by atoms with Crippen molar-refractivity contribution in [2.24, 2.45) is 5.73 Å². The Labute approximate surface area is 109 Å². The van der Waals surface area contributed by atoms with Gasteiger partial charge >= 0.3 is 0 Å². The Balaban J connectivity index is 0.000000659. The number of rotatable bonds is 1. The molecular weight excluding hydrogens is 226 g/mol. The first kappa shape index (κ1) is 16.1. The van der Waals surface area contributed by atoms with Crippen LogP contribution in [0.1, 0.15) is 44.8 Å². The van der Waals surface area contributed by atoms with Gasteiger partial charge in [0.2, 0.25) is 0 Å². The quantitative estimate of drug-likeness (QED) is 0.843. The highest BCUT2D eigenvalue weighted by Crippen LogP contribution is 2.14. The average molecular weight is 249 g/mol. The molecule has 2 aromatic rings. The van der Waals surface area contributed by atoms with Crippen LogP contribution in [0.15, 0.2) is 12.6 Å². The van der Waals surface area contributed by atoms with E-state index in [0.717, 1.165) is 17.1 Å². The van der Waals surface area contributed by atoms with Gasteiger partial charge in [-0.3, -0.25) is 0 Å². The van der Waals surface area contributed by atoms with Gasteiger partial charge in [-0.2, -0.15) is 9.61 Å². The molecule has 2 rings (SSSR count). The van der Waals surface area contributed by atoms with Gasteiger partial charge in [0, 0.05) is 11.3 Å². The van der Waals surface area contributed by atoms with Crippen molar-refractivity contribution in [2.45, 2.75) is 41.5 Å². The molecule has 0 saturated carbocycles. The zero-order valence-electron chi connectivity index (χ0n) is 12.2. The van der Waals surface area contributed by atoms with Crippen molar-refractivity contribution in [3.05, 3.63) is 29.7 Å². The molecule has 5 heteroatoms. The predicted molar refractivity (Wildman–Crippen MR) is 76.2 cm³/mol. The van der Waals surface area contributed by atoms with Crippen molar-refractivity contribution in [2.75, 3.05) is 0 Å². The van der Waals surface area contributed by atoms with Crippen LogP contribution >= 0.6 is 0 Å². The fourth-order valence-electron chi connectivity index (χ4n) is 1.34. The maximum absolute atomic E-state index is 5.65. The summed E-state index contributed by atoms with van der Waals surface area (Å²) in [5.41, 5.74) is 8.44. The van der Waals surface area contributed by atoms with E-state index in [9.17, 15) is 0 Å². The predicted octanol–water partition coefficient (Wildman–Crippen LogP) is 2.72. The Kier molecular flexibility index (Phi) is 6.63. The van der Waals surface area contributed by atoms with Crippen LogP contribution in [0.25, 0.3) is 11.3 Å². The summed E-state index contributed by atoms with van der Waals surface area (Å²) >= 11 is 0. The molecule has 2 N–H and O–H groups in total. The minimum absolute atomic E-state index is 0.480. The second kappa shape index (κ2) is 7.42. The molecule has 2 heterocycles. The third-order valence-electron chi connectivity index (χ3n) is 1.99. The van der Waals surface area contributed by atoms with E-state index in [4.69, 9.17) is 5.73 Å². The lowest BCUT2D eigenvalue weighted by Crippen LogP contribution is -2.03.